The summed E-state index contributed by atoms with van der Waals surface area (Å²) in [5, 5.41) is 13.3. The van der Waals surface area contributed by atoms with Crippen molar-refractivity contribution in [3.8, 4) is 0 Å². The Morgan fingerprint density at radius 1 is 1.30 bits per heavy atom. The molecule has 0 aliphatic carbocycles. The first-order chi connectivity index (χ1) is 10.8. The van der Waals surface area contributed by atoms with Gasteiger partial charge in [0.2, 0.25) is 5.91 Å². The van der Waals surface area contributed by atoms with E-state index in [2.05, 4.69) is 5.32 Å². The van der Waals surface area contributed by atoms with Crippen molar-refractivity contribution < 1.29 is 24.0 Å². The largest absolute Gasteiger partial charge is 0.464 e. The SMILES string of the molecule is CCOC(=O)[C@H](NC(C)=O)[C@H](C(C)=O)c1cccc([N+](=O)[O-])c1. The minimum absolute atomic E-state index is 0.0779. The number of hydrogen-bond acceptors (Lipinski definition) is 6. The Kier molecular flexibility index (Phi) is 6.37. The van der Waals surface area contributed by atoms with Crippen molar-refractivity contribution in [1.29, 1.82) is 0 Å². The van der Waals surface area contributed by atoms with Crippen LogP contribution in [0.1, 0.15) is 32.3 Å². The molecule has 0 radical (unpaired) electrons. The Labute approximate surface area is 133 Å². The van der Waals surface area contributed by atoms with Crippen molar-refractivity contribution in [2.45, 2.75) is 32.7 Å². The van der Waals surface area contributed by atoms with Gasteiger partial charge >= 0.3 is 5.97 Å². The molecule has 0 saturated carbocycles. The second-order valence-electron chi connectivity index (χ2n) is 4.87. The van der Waals surface area contributed by atoms with Gasteiger partial charge in [-0.15, -0.1) is 0 Å². The van der Waals surface area contributed by atoms with Crippen LogP contribution in [0, 0.1) is 10.1 Å². The number of carbonyl (C=O) groups is 3. The summed E-state index contributed by atoms with van der Waals surface area (Å²) >= 11 is 0. The lowest BCUT2D eigenvalue weighted by molar-refractivity contribution is -0.384. The van der Waals surface area contributed by atoms with E-state index in [4.69, 9.17) is 4.74 Å². The number of ketones is 1. The Morgan fingerprint density at radius 3 is 2.43 bits per heavy atom. The van der Waals surface area contributed by atoms with E-state index >= 15 is 0 Å². The molecule has 0 saturated heterocycles. The van der Waals surface area contributed by atoms with E-state index in [1.807, 2.05) is 0 Å². The highest BCUT2D eigenvalue weighted by atomic mass is 16.6. The number of Topliss-reactive ketones (excluding diaryl/α,β-unsaturated/α-hetero) is 1. The zero-order chi connectivity index (χ0) is 17.6. The molecule has 0 spiro atoms. The molecule has 1 rings (SSSR count). The monoisotopic (exact) mass is 322 g/mol. The van der Waals surface area contributed by atoms with E-state index in [-0.39, 0.29) is 17.9 Å². The fraction of sp³-hybridized carbons (Fsp3) is 0.400. The van der Waals surface area contributed by atoms with E-state index < -0.39 is 34.5 Å². The molecule has 0 unspecified atom stereocenters. The minimum atomic E-state index is -1.24. The zero-order valence-corrected chi connectivity index (χ0v) is 13.1. The van der Waals surface area contributed by atoms with Gasteiger partial charge in [-0.3, -0.25) is 19.7 Å². The molecule has 0 aliphatic heterocycles. The second kappa shape index (κ2) is 8.02. The van der Waals surface area contributed by atoms with Crippen LogP contribution >= 0.6 is 0 Å². The summed E-state index contributed by atoms with van der Waals surface area (Å²) in [6.45, 7) is 4.13. The van der Waals surface area contributed by atoms with E-state index in [1.54, 1.807) is 6.92 Å². The lowest BCUT2D eigenvalue weighted by atomic mass is 9.87. The van der Waals surface area contributed by atoms with Crippen LogP contribution in [0.2, 0.25) is 0 Å². The van der Waals surface area contributed by atoms with Gasteiger partial charge in [0.05, 0.1) is 17.4 Å². The third kappa shape index (κ3) is 4.87. The number of rotatable bonds is 7. The number of amides is 1. The molecule has 23 heavy (non-hydrogen) atoms. The Hall–Kier alpha value is -2.77. The molecule has 8 nitrogen and oxygen atoms in total. The first-order valence-electron chi connectivity index (χ1n) is 6.96. The number of nitrogens with zero attached hydrogens (tertiary/aromatic N) is 1. The van der Waals surface area contributed by atoms with Crippen molar-refractivity contribution in [1.82, 2.24) is 5.32 Å². The van der Waals surface area contributed by atoms with Crippen LogP contribution in [-0.4, -0.2) is 35.2 Å². The number of nitro benzene ring substituents is 1. The highest BCUT2D eigenvalue weighted by Gasteiger charge is 2.35. The number of ether oxygens (including phenoxy) is 1. The van der Waals surface area contributed by atoms with Gasteiger partial charge in [-0.05, 0) is 19.4 Å². The highest BCUT2D eigenvalue weighted by Crippen LogP contribution is 2.25. The van der Waals surface area contributed by atoms with Gasteiger partial charge < -0.3 is 10.1 Å². The molecule has 2 atom stereocenters. The summed E-state index contributed by atoms with van der Waals surface area (Å²) in [6.07, 6.45) is 0. The van der Waals surface area contributed by atoms with Crippen molar-refractivity contribution >= 4 is 23.3 Å². The normalized spacial score (nSPS) is 12.8. The molecule has 1 amide bonds. The summed E-state index contributed by atoms with van der Waals surface area (Å²) in [4.78, 5) is 45.8. The standard InChI is InChI=1S/C15H18N2O6/c1-4-23-15(20)14(16-10(3)19)13(9(2)18)11-6-5-7-12(8-11)17(21)22/h5-8,13-14H,4H2,1-3H3,(H,16,19)/t13-,14-/m1/s1. The first-order valence-corrected chi connectivity index (χ1v) is 6.96. The van der Waals surface area contributed by atoms with Crippen LogP contribution in [-0.2, 0) is 19.1 Å². The number of esters is 1. The van der Waals surface area contributed by atoms with Crippen LogP contribution in [0.15, 0.2) is 24.3 Å². The summed E-state index contributed by atoms with van der Waals surface area (Å²) in [5.74, 6) is -2.77. The number of non-ortho nitro benzene ring substituents is 1. The molecular weight excluding hydrogens is 304 g/mol. The predicted octanol–water partition coefficient (Wildman–Crippen LogP) is 1.34. The molecule has 1 N–H and O–H groups in total. The third-order valence-electron chi connectivity index (χ3n) is 3.11. The van der Waals surface area contributed by atoms with Crippen molar-refractivity contribution in [3.63, 3.8) is 0 Å². The predicted molar refractivity (Wildman–Crippen MR) is 80.8 cm³/mol. The molecule has 0 aliphatic rings. The highest BCUT2D eigenvalue weighted by molar-refractivity contribution is 5.94. The lowest BCUT2D eigenvalue weighted by Gasteiger charge is -2.24. The molecule has 0 heterocycles. The van der Waals surface area contributed by atoms with Gasteiger partial charge in [-0.1, -0.05) is 12.1 Å². The quantitative estimate of drug-likeness (QED) is 0.460. The van der Waals surface area contributed by atoms with E-state index in [0.29, 0.717) is 0 Å². The summed E-state index contributed by atoms with van der Waals surface area (Å²) < 4.78 is 4.90. The fourth-order valence-corrected chi connectivity index (χ4v) is 2.22. The number of nitrogens with one attached hydrogen (secondary N) is 1. The molecule has 1 aromatic rings. The summed E-state index contributed by atoms with van der Waals surface area (Å²) in [7, 11) is 0. The molecule has 124 valence electrons. The van der Waals surface area contributed by atoms with E-state index in [1.165, 1.54) is 38.1 Å². The van der Waals surface area contributed by atoms with Crippen LogP contribution < -0.4 is 5.32 Å². The molecule has 1 aromatic carbocycles. The van der Waals surface area contributed by atoms with Crippen LogP contribution in [0.3, 0.4) is 0 Å². The number of benzene rings is 1. The van der Waals surface area contributed by atoms with Crippen molar-refractivity contribution in [2.24, 2.45) is 0 Å². The fourth-order valence-electron chi connectivity index (χ4n) is 2.22. The van der Waals surface area contributed by atoms with Crippen LogP contribution in [0.25, 0.3) is 0 Å². The topological polar surface area (TPSA) is 116 Å². The average molecular weight is 322 g/mol. The van der Waals surface area contributed by atoms with Crippen LogP contribution in [0.4, 0.5) is 5.69 Å². The van der Waals surface area contributed by atoms with E-state index in [0.717, 1.165) is 0 Å². The van der Waals surface area contributed by atoms with E-state index in [9.17, 15) is 24.5 Å². The summed E-state index contributed by atoms with van der Waals surface area (Å²) in [6, 6.07) is 4.15. The van der Waals surface area contributed by atoms with Gasteiger partial charge in [0.25, 0.3) is 5.69 Å². The molecular formula is C15H18N2O6. The maximum absolute atomic E-state index is 12.1. The van der Waals surface area contributed by atoms with Gasteiger partial charge in [-0.25, -0.2) is 4.79 Å². The van der Waals surface area contributed by atoms with Crippen molar-refractivity contribution in [3.05, 3.63) is 39.9 Å². The number of nitro groups is 1. The van der Waals surface area contributed by atoms with Crippen LogP contribution in [0.5, 0.6) is 0 Å². The third-order valence-corrected chi connectivity index (χ3v) is 3.11. The maximum Gasteiger partial charge on any atom is 0.329 e. The maximum atomic E-state index is 12.1. The van der Waals surface area contributed by atoms with Gasteiger partial charge in [0, 0.05) is 19.1 Å². The number of hydrogen-bond donors (Lipinski definition) is 1. The lowest BCUT2D eigenvalue weighted by Crippen LogP contribution is -2.47. The Morgan fingerprint density at radius 2 is 1.96 bits per heavy atom. The Balaban J connectivity index is 3.32. The van der Waals surface area contributed by atoms with Gasteiger partial charge in [0.1, 0.15) is 11.8 Å². The zero-order valence-electron chi connectivity index (χ0n) is 13.1. The smallest absolute Gasteiger partial charge is 0.329 e. The Bertz CT molecular complexity index is 628. The molecule has 0 aromatic heterocycles. The van der Waals surface area contributed by atoms with Gasteiger partial charge in [0.15, 0.2) is 0 Å². The van der Waals surface area contributed by atoms with Gasteiger partial charge in [-0.2, -0.15) is 0 Å². The molecule has 0 fully saturated rings. The minimum Gasteiger partial charge on any atom is -0.464 e. The average Bonchev–Trinajstić information content (AvgIpc) is 2.46. The first kappa shape index (κ1) is 18.3. The summed E-state index contributed by atoms with van der Waals surface area (Å²) in [5.41, 5.74) is 0.0534. The van der Waals surface area contributed by atoms with Crippen molar-refractivity contribution in [2.75, 3.05) is 6.61 Å². The number of carbonyl (C=O) groups excluding carboxylic acids is 3. The molecule has 8 heteroatoms. The molecule has 0 bridgehead atoms. The second-order valence-corrected chi connectivity index (χ2v) is 4.87.